The predicted molar refractivity (Wildman–Crippen MR) is 246 cm³/mol. The lowest BCUT2D eigenvalue weighted by Crippen LogP contribution is -2.53. The zero-order valence-electron chi connectivity index (χ0n) is 41.1. The van der Waals surface area contributed by atoms with Gasteiger partial charge in [0, 0.05) is 41.0 Å². The maximum Gasteiger partial charge on any atom is 0.418 e. The molecule has 66 heavy (non-hydrogen) atoms. The van der Waals surface area contributed by atoms with E-state index in [0.717, 1.165) is 19.6 Å². The molecule has 364 valence electrons. The van der Waals surface area contributed by atoms with Gasteiger partial charge in [0.15, 0.2) is 18.3 Å². The Kier molecular flexibility index (Phi) is 20.8. The van der Waals surface area contributed by atoms with E-state index in [1.54, 1.807) is 60.7 Å². The summed E-state index contributed by atoms with van der Waals surface area (Å²) < 4.78 is 23.3. The molecule has 0 bridgehead atoms. The fourth-order valence-corrected chi connectivity index (χ4v) is 7.75. The topological polar surface area (TPSA) is 186 Å². The fourth-order valence-electron chi connectivity index (χ4n) is 7.75. The van der Waals surface area contributed by atoms with Crippen molar-refractivity contribution in [1.29, 1.82) is 0 Å². The number of likely N-dealkylation sites (N-methyl/N-ethyl adjacent to an activating group) is 4. The fraction of sp³-hybridized carbons (Fsp3) is 0.600. The lowest BCUT2D eigenvalue weighted by atomic mass is 10.0. The summed E-state index contributed by atoms with van der Waals surface area (Å²) in [7, 11) is 5.38. The number of hydrogen-bond donors (Lipinski definition) is 0. The van der Waals surface area contributed by atoms with Crippen LogP contribution >= 0.6 is 0 Å². The summed E-state index contributed by atoms with van der Waals surface area (Å²) in [5, 5.41) is 0. The van der Waals surface area contributed by atoms with Crippen LogP contribution in [0.2, 0.25) is 0 Å². The normalized spacial score (nSPS) is 24.3. The van der Waals surface area contributed by atoms with Gasteiger partial charge in [0.25, 0.3) is 17.7 Å². The maximum atomic E-state index is 14.6. The van der Waals surface area contributed by atoms with Gasteiger partial charge in [-0.15, -0.1) is 0 Å². The van der Waals surface area contributed by atoms with Crippen molar-refractivity contribution in [3.8, 4) is 0 Å². The van der Waals surface area contributed by atoms with Gasteiger partial charge in [-0.3, -0.25) is 19.3 Å². The molecule has 1 fully saturated rings. The van der Waals surface area contributed by atoms with E-state index >= 15 is 0 Å². The molecule has 0 N–H and O–H groups in total. The van der Waals surface area contributed by atoms with E-state index in [4.69, 9.17) is 18.9 Å². The third-order valence-electron chi connectivity index (χ3n) is 11.5. The van der Waals surface area contributed by atoms with Crippen molar-refractivity contribution < 1.29 is 57.3 Å². The van der Waals surface area contributed by atoms with E-state index in [1.165, 1.54) is 35.1 Å². The Morgan fingerprint density at radius 1 is 0.424 bits per heavy atom. The van der Waals surface area contributed by atoms with Gasteiger partial charge in [-0.2, -0.15) is 0 Å². The van der Waals surface area contributed by atoms with Crippen molar-refractivity contribution in [2.75, 3.05) is 28.2 Å². The summed E-state index contributed by atoms with van der Waals surface area (Å²) in [6.07, 6.45) is -5.55. The van der Waals surface area contributed by atoms with Crippen LogP contribution in [0.4, 0.5) is 4.79 Å². The van der Waals surface area contributed by atoms with Gasteiger partial charge >= 0.3 is 30.0 Å². The molecule has 0 spiro atoms. The quantitative estimate of drug-likeness (QED) is 0.140. The minimum Gasteiger partial charge on any atom is -0.451 e. The van der Waals surface area contributed by atoms with Gasteiger partial charge in [0.1, 0.15) is 24.2 Å². The van der Waals surface area contributed by atoms with Crippen molar-refractivity contribution >= 4 is 47.7 Å². The monoisotopic (exact) mass is 921 g/mol. The second-order valence-corrected chi connectivity index (χ2v) is 19.0. The van der Waals surface area contributed by atoms with E-state index in [9.17, 15) is 38.4 Å². The minimum absolute atomic E-state index is 0.0416. The van der Waals surface area contributed by atoms with Crippen molar-refractivity contribution in [2.45, 2.75) is 143 Å². The number of esters is 4. The predicted octanol–water partition coefficient (Wildman–Crippen LogP) is 5.87. The summed E-state index contributed by atoms with van der Waals surface area (Å²) in [6, 6.07) is 12.4. The summed E-state index contributed by atoms with van der Waals surface area (Å²) in [6.45, 7) is 16.0. The average Bonchev–Trinajstić information content (AvgIpc) is 3.26. The first-order valence-corrected chi connectivity index (χ1v) is 22.9. The Bertz CT molecular complexity index is 1970. The number of carbonyl (C=O) groups is 8. The van der Waals surface area contributed by atoms with Crippen LogP contribution < -0.4 is 0 Å². The van der Waals surface area contributed by atoms with E-state index in [0.29, 0.717) is 11.1 Å². The smallest absolute Gasteiger partial charge is 0.418 e. The van der Waals surface area contributed by atoms with Crippen molar-refractivity contribution in [3.63, 3.8) is 0 Å². The highest BCUT2D eigenvalue weighted by molar-refractivity contribution is 5.95. The third kappa shape index (κ3) is 15.7. The molecular formula is C50H72N4O12. The molecule has 2 aromatic carbocycles. The number of nitrogens with zero attached hydrogens (tertiary/aromatic N) is 4. The first-order chi connectivity index (χ1) is 30.9. The molecule has 1 aliphatic rings. The molecule has 1 aliphatic heterocycles. The van der Waals surface area contributed by atoms with E-state index in [1.807, 2.05) is 55.4 Å². The molecule has 16 nitrogen and oxygen atoms in total. The molecule has 4 amide bonds. The Hall–Kier alpha value is -5.80. The first-order valence-electron chi connectivity index (χ1n) is 22.9. The first kappa shape index (κ1) is 54.5. The Labute approximate surface area is 390 Å². The van der Waals surface area contributed by atoms with Gasteiger partial charge in [0.2, 0.25) is 0 Å². The molecule has 0 saturated carbocycles. The van der Waals surface area contributed by atoms with Gasteiger partial charge < -0.3 is 33.6 Å². The lowest BCUT2D eigenvalue weighted by molar-refractivity contribution is -0.173. The molecule has 2 aromatic rings. The van der Waals surface area contributed by atoms with Crippen LogP contribution in [-0.4, -0.2) is 138 Å². The third-order valence-corrected chi connectivity index (χ3v) is 11.5. The van der Waals surface area contributed by atoms with Crippen LogP contribution in [0.3, 0.4) is 0 Å². The highest BCUT2D eigenvalue weighted by atomic mass is 16.6. The van der Waals surface area contributed by atoms with Crippen LogP contribution in [0.25, 0.3) is 0 Å². The van der Waals surface area contributed by atoms with Crippen molar-refractivity contribution in [1.82, 2.24) is 19.6 Å². The minimum atomic E-state index is -1.50. The van der Waals surface area contributed by atoms with E-state index < -0.39 is 90.2 Å². The van der Waals surface area contributed by atoms with Crippen LogP contribution in [0.1, 0.15) is 99.1 Å². The standard InChI is InChI=1S/C50H72N4O12/c1-30(2)24-37-46(58)63-34(9)43(55)51(10)38(25-31(3)4)47(59)64-41(28-35-20-16-14-17-21-35)45(57)53(12)39(26-32(5)6)49(61)66-50(62)54(13)40(27-33(7)8)48(60)65-42(44(56)52(37)11)29-36-22-18-15-19-23-36/h14-23,30-34,37-42H,24-29H2,1-13H3. The molecular weight excluding hydrogens is 849 g/mol. The van der Waals surface area contributed by atoms with Crippen molar-refractivity contribution in [2.24, 2.45) is 23.7 Å². The number of rotatable bonds is 12. The average molecular weight is 921 g/mol. The number of carbonyl (C=O) groups excluding carboxylic acids is 8. The Morgan fingerprint density at radius 3 is 1.08 bits per heavy atom. The lowest BCUT2D eigenvalue weighted by Gasteiger charge is -2.34. The largest absolute Gasteiger partial charge is 0.451 e. The summed E-state index contributed by atoms with van der Waals surface area (Å²) in [5.74, 6) is -6.84. The number of amides is 4. The van der Waals surface area contributed by atoms with Crippen LogP contribution in [0.5, 0.6) is 0 Å². The molecule has 3 rings (SSSR count). The second kappa shape index (κ2) is 25.2. The van der Waals surface area contributed by atoms with Crippen LogP contribution in [0.15, 0.2) is 60.7 Å². The summed E-state index contributed by atoms with van der Waals surface area (Å²) in [4.78, 5) is 118. The molecule has 0 aliphatic carbocycles. The maximum absolute atomic E-state index is 14.6. The number of hydrogen-bond acceptors (Lipinski definition) is 12. The highest BCUT2D eigenvalue weighted by Gasteiger charge is 2.42. The number of ether oxygens (including phenoxy) is 4. The molecule has 7 unspecified atom stereocenters. The van der Waals surface area contributed by atoms with Crippen molar-refractivity contribution in [3.05, 3.63) is 71.8 Å². The van der Waals surface area contributed by atoms with Gasteiger partial charge in [-0.1, -0.05) is 116 Å². The van der Waals surface area contributed by atoms with E-state index in [2.05, 4.69) is 0 Å². The number of cyclic esters (lactones) is 5. The molecule has 16 heteroatoms. The van der Waals surface area contributed by atoms with Gasteiger partial charge in [-0.25, -0.2) is 24.0 Å². The molecule has 1 saturated heterocycles. The van der Waals surface area contributed by atoms with Crippen LogP contribution in [-0.2, 0) is 65.4 Å². The zero-order chi connectivity index (χ0) is 49.6. The highest BCUT2D eigenvalue weighted by Crippen LogP contribution is 2.24. The Morgan fingerprint density at radius 2 is 0.727 bits per heavy atom. The molecule has 7 atom stereocenters. The van der Waals surface area contributed by atoms with E-state index in [-0.39, 0.29) is 62.2 Å². The summed E-state index contributed by atoms with van der Waals surface area (Å²) >= 11 is 0. The van der Waals surface area contributed by atoms with Crippen LogP contribution in [0, 0.1) is 23.7 Å². The van der Waals surface area contributed by atoms with Gasteiger partial charge in [0.05, 0.1) is 0 Å². The molecule has 1 heterocycles. The van der Waals surface area contributed by atoms with Gasteiger partial charge in [-0.05, 0) is 67.4 Å². The second-order valence-electron chi connectivity index (χ2n) is 19.0. The molecule has 0 radical (unpaired) electrons. The number of benzene rings is 2. The SMILES string of the molecule is CC(C)CC1C(=O)OC(Cc2ccccc2)C(=O)N(C)C(CC(C)C)C(=O)OC(C)C(=O)N(C)C(CC(C)C)C(=O)OC(Cc2ccccc2)C(=O)N(C)C(CC(C)C)C(=O)OC(=O)N1C. The Balaban J connectivity index is 2.25. The summed E-state index contributed by atoms with van der Waals surface area (Å²) in [5.41, 5.74) is 1.27. The zero-order valence-corrected chi connectivity index (χ0v) is 41.1. The molecule has 0 aromatic heterocycles.